The van der Waals surface area contributed by atoms with Crippen LogP contribution in [0.15, 0.2) is 42.6 Å². The van der Waals surface area contributed by atoms with Crippen molar-refractivity contribution in [3.63, 3.8) is 0 Å². The summed E-state index contributed by atoms with van der Waals surface area (Å²) < 4.78 is 14.6. The molecule has 0 unspecified atom stereocenters. The molecule has 94 valence electrons. The van der Waals surface area contributed by atoms with Crippen LogP contribution in [0.25, 0.3) is 17.8 Å². The zero-order valence-corrected chi connectivity index (χ0v) is 9.99. The first kappa shape index (κ1) is 11.4. The third-order valence-electron chi connectivity index (χ3n) is 2.79. The summed E-state index contributed by atoms with van der Waals surface area (Å²) in [6.45, 7) is 0. The maximum Gasteiger partial charge on any atom is 0.184 e. The number of benzene rings is 1. The molecule has 0 amide bonds. The Labute approximate surface area is 109 Å². The predicted molar refractivity (Wildman–Crippen MR) is 72.7 cm³/mol. The molecular weight excluding hydrogens is 243 g/mol. The highest BCUT2D eigenvalue weighted by Crippen LogP contribution is 2.13. The number of pyridine rings is 1. The first-order chi connectivity index (χ1) is 9.24. The van der Waals surface area contributed by atoms with E-state index in [2.05, 4.69) is 10.2 Å². The normalized spacial score (nSPS) is 11.4. The van der Waals surface area contributed by atoms with E-state index >= 15 is 0 Å². The molecule has 0 saturated carbocycles. The second-order valence-corrected chi connectivity index (χ2v) is 4.10. The summed E-state index contributed by atoms with van der Waals surface area (Å²) in [6.07, 6.45) is 5.50. The van der Waals surface area contributed by atoms with Crippen LogP contribution in [-0.4, -0.2) is 14.6 Å². The molecule has 19 heavy (non-hydrogen) atoms. The number of hydrogen-bond acceptors (Lipinski definition) is 3. The lowest BCUT2D eigenvalue weighted by Gasteiger charge is -1.97. The van der Waals surface area contributed by atoms with Gasteiger partial charge >= 0.3 is 0 Å². The lowest BCUT2D eigenvalue weighted by Crippen LogP contribution is -1.92. The van der Waals surface area contributed by atoms with Crippen molar-refractivity contribution in [3.05, 3.63) is 59.8 Å². The molecule has 0 saturated heterocycles. The fourth-order valence-electron chi connectivity index (χ4n) is 1.81. The Hall–Kier alpha value is -2.69. The van der Waals surface area contributed by atoms with Gasteiger partial charge in [-0.05, 0) is 35.9 Å². The van der Waals surface area contributed by atoms with Crippen LogP contribution in [0.1, 0.15) is 11.4 Å². The van der Waals surface area contributed by atoms with Gasteiger partial charge in [-0.1, -0.05) is 18.2 Å². The highest BCUT2D eigenvalue weighted by Gasteiger charge is 2.03. The second-order valence-electron chi connectivity index (χ2n) is 4.10. The third kappa shape index (κ3) is 2.18. The van der Waals surface area contributed by atoms with Crippen LogP contribution >= 0.6 is 0 Å². The van der Waals surface area contributed by atoms with Crippen molar-refractivity contribution in [1.82, 2.24) is 14.6 Å². The number of rotatable bonds is 2. The number of nitrogen functional groups attached to an aromatic ring is 1. The smallest absolute Gasteiger partial charge is 0.184 e. The van der Waals surface area contributed by atoms with Crippen molar-refractivity contribution < 1.29 is 4.39 Å². The van der Waals surface area contributed by atoms with Crippen LogP contribution in [-0.2, 0) is 0 Å². The number of nitrogens with zero attached hydrogens (tertiary/aromatic N) is 3. The molecule has 0 bridgehead atoms. The maximum absolute atomic E-state index is 12.8. The molecule has 0 aliphatic heterocycles. The van der Waals surface area contributed by atoms with Gasteiger partial charge in [-0.3, -0.25) is 4.40 Å². The Balaban J connectivity index is 1.97. The number of fused-ring (bicyclic) bond motifs is 1. The van der Waals surface area contributed by atoms with E-state index in [1.54, 1.807) is 22.6 Å². The molecular formula is C14H11FN4. The second kappa shape index (κ2) is 4.53. The van der Waals surface area contributed by atoms with Crippen molar-refractivity contribution in [2.75, 3.05) is 5.73 Å². The van der Waals surface area contributed by atoms with Crippen molar-refractivity contribution >= 4 is 23.5 Å². The largest absolute Gasteiger partial charge is 0.396 e. The molecule has 2 N–H and O–H groups in total. The molecule has 2 aromatic heterocycles. The van der Waals surface area contributed by atoms with Crippen LogP contribution in [0.3, 0.4) is 0 Å². The van der Waals surface area contributed by atoms with Gasteiger partial charge < -0.3 is 5.73 Å². The van der Waals surface area contributed by atoms with Crippen molar-refractivity contribution in [1.29, 1.82) is 0 Å². The van der Waals surface area contributed by atoms with E-state index in [-0.39, 0.29) is 5.82 Å². The van der Waals surface area contributed by atoms with E-state index in [0.29, 0.717) is 17.2 Å². The van der Waals surface area contributed by atoms with Crippen LogP contribution in [0.4, 0.5) is 10.1 Å². The highest BCUT2D eigenvalue weighted by atomic mass is 19.1. The topological polar surface area (TPSA) is 56.2 Å². The highest BCUT2D eigenvalue weighted by molar-refractivity contribution is 5.70. The van der Waals surface area contributed by atoms with Crippen LogP contribution in [0, 0.1) is 5.82 Å². The summed E-state index contributed by atoms with van der Waals surface area (Å²) in [5.74, 6) is 0.421. The third-order valence-corrected chi connectivity index (χ3v) is 2.79. The molecule has 0 spiro atoms. The van der Waals surface area contributed by atoms with Gasteiger partial charge in [0.2, 0.25) is 0 Å². The van der Waals surface area contributed by atoms with Gasteiger partial charge in [0, 0.05) is 6.20 Å². The zero-order chi connectivity index (χ0) is 13.2. The SMILES string of the molecule is Nc1cccn2c(/C=C/c3ccc(F)cc3)nnc12. The average molecular weight is 254 g/mol. The molecule has 5 heteroatoms. The first-order valence-electron chi connectivity index (χ1n) is 5.77. The van der Waals surface area contributed by atoms with Gasteiger partial charge in [-0.2, -0.15) is 0 Å². The van der Waals surface area contributed by atoms with Crippen molar-refractivity contribution in [2.45, 2.75) is 0 Å². The monoisotopic (exact) mass is 254 g/mol. The quantitative estimate of drug-likeness (QED) is 0.764. The lowest BCUT2D eigenvalue weighted by atomic mass is 10.2. The number of aromatic nitrogens is 3. The zero-order valence-electron chi connectivity index (χ0n) is 9.99. The number of halogens is 1. The Morgan fingerprint density at radius 3 is 2.63 bits per heavy atom. The minimum atomic E-state index is -0.252. The Morgan fingerprint density at radius 1 is 1.05 bits per heavy atom. The van der Waals surface area contributed by atoms with Gasteiger partial charge in [0.15, 0.2) is 11.5 Å². The summed E-state index contributed by atoms with van der Waals surface area (Å²) >= 11 is 0. The minimum Gasteiger partial charge on any atom is -0.396 e. The van der Waals surface area contributed by atoms with E-state index in [1.807, 2.05) is 24.4 Å². The fraction of sp³-hybridized carbons (Fsp3) is 0. The molecule has 0 atom stereocenters. The Kier molecular flexibility index (Phi) is 2.72. The van der Waals surface area contributed by atoms with Crippen LogP contribution in [0.2, 0.25) is 0 Å². The van der Waals surface area contributed by atoms with Crippen molar-refractivity contribution in [3.8, 4) is 0 Å². The first-order valence-corrected chi connectivity index (χ1v) is 5.77. The van der Waals surface area contributed by atoms with Gasteiger partial charge in [0.05, 0.1) is 5.69 Å². The van der Waals surface area contributed by atoms with E-state index in [9.17, 15) is 4.39 Å². The van der Waals surface area contributed by atoms with E-state index in [1.165, 1.54) is 12.1 Å². The maximum atomic E-state index is 12.8. The van der Waals surface area contributed by atoms with Crippen LogP contribution in [0.5, 0.6) is 0 Å². The number of hydrogen-bond donors (Lipinski definition) is 1. The Bertz CT molecular complexity index is 744. The molecule has 3 aromatic rings. The average Bonchev–Trinajstić information content (AvgIpc) is 2.83. The molecule has 0 radical (unpaired) electrons. The van der Waals surface area contributed by atoms with E-state index in [0.717, 1.165) is 5.56 Å². The number of nitrogens with two attached hydrogens (primary N) is 1. The predicted octanol–water partition coefficient (Wildman–Crippen LogP) is 2.62. The summed E-state index contributed by atoms with van der Waals surface area (Å²) in [7, 11) is 0. The van der Waals surface area contributed by atoms with Gasteiger partial charge in [0.1, 0.15) is 5.82 Å². The van der Waals surface area contributed by atoms with Gasteiger partial charge in [-0.15, -0.1) is 10.2 Å². The van der Waals surface area contributed by atoms with E-state index < -0.39 is 0 Å². The van der Waals surface area contributed by atoms with E-state index in [4.69, 9.17) is 5.73 Å². The molecule has 4 nitrogen and oxygen atoms in total. The summed E-state index contributed by atoms with van der Waals surface area (Å²) in [4.78, 5) is 0. The molecule has 0 aliphatic carbocycles. The summed E-state index contributed by atoms with van der Waals surface area (Å²) in [6, 6.07) is 9.84. The summed E-state index contributed by atoms with van der Waals surface area (Å²) in [5, 5.41) is 8.08. The molecule has 2 heterocycles. The molecule has 0 aliphatic rings. The fourth-order valence-corrected chi connectivity index (χ4v) is 1.81. The standard InChI is InChI=1S/C14H11FN4/c15-11-6-3-10(4-7-11)5-8-13-17-18-14-12(16)2-1-9-19(13)14/h1-9H,16H2/b8-5+. The molecule has 1 aromatic carbocycles. The van der Waals surface area contributed by atoms with Crippen molar-refractivity contribution in [2.24, 2.45) is 0 Å². The molecule has 0 fully saturated rings. The Morgan fingerprint density at radius 2 is 1.84 bits per heavy atom. The van der Waals surface area contributed by atoms with Gasteiger partial charge in [0.25, 0.3) is 0 Å². The molecule has 3 rings (SSSR count). The number of anilines is 1. The van der Waals surface area contributed by atoms with Gasteiger partial charge in [-0.25, -0.2) is 4.39 Å². The minimum absolute atomic E-state index is 0.252. The lowest BCUT2D eigenvalue weighted by molar-refractivity contribution is 0.628. The summed E-state index contributed by atoms with van der Waals surface area (Å²) in [5.41, 5.74) is 7.90. The van der Waals surface area contributed by atoms with Crippen LogP contribution < -0.4 is 5.73 Å².